The van der Waals surface area contributed by atoms with Gasteiger partial charge in [0.2, 0.25) is 0 Å². The van der Waals surface area contributed by atoms with Crippen LogP contribution in [0.25, 0.3) is 0 Å². The molecule has 2 aromatic carbocycles. The van der Waals surface area contributed by atoms with Gasteiger partial charge in [-0.25, -0.2) is 9.18 Å². The van der Waals surface area contributed by atoms with Crippen LogP contribution in [0.1, 0.15) is 11.1 Å². The summed E-state index contributed by atoms with van der Waals surface area (Å²) in [5.74, 6) is 0.890. The van der Waals surface area contributed by atoms with Gasteiger partial charge in [-0.2, -0.15) is 0 Å². The van der Waals surface area contributed by atoms with Crippen LogP contribution in [-0.2, 0) is 6.42 Å². The summed E-state index contributed by atoms with van der Waals surface area (Å²) in [4.78, 5) is 10.6. The van der Waals surface area contributed by atoms with E-state index < -0.39 is 6.09 Å². The molecule has 0 spiro atoms. The molecule has 2 aromatic rings. The molecule has 0 saturated heterocycles. The van der Waals surface area contributed by atoms with Gasteiger partial charge in [-0.05, 0) is 46.3 Å². The first kappa shape index (κ1) is 12.9. The van der Waals surface area contributed by atoms with E-state index in [9.17, 15) is 9.18 Å². The number of halogens is 2. The molecule has 0 aromatic heterocycles. The lowest BCUT2D eigenvalue weighted by Gasteiger charge is -2.22. The van der Waals surface area contributed by atoms with Gasteiger partial charge in [-0.3, -0.25) is 5.32 Å². The van der Waals surface area contributed by atoms with E-state index >= 15 is 0 Å². The second-order valence-electron chi connectivity index (χ2n) is 4.41. The predicted molar refractivity (Wildman–Crippen MR) is 75.1 cm³/mol. The number of fused-ring (bicyclic) bond motifs is 2. The molecule has 6 heteroatoms. The van der Waals surface area contributed by atoms with Crippen molar-refractivity contribution in [1.29, 1.82) is 0 Å². The van der Waals surface area contributed by atoms with Crippen LogP contribution in [0.5, 0.6) is 11.5 Å². The first-order valence-corrected chi connectivity index (χ1v) is 6.61. The number of nitrogens with one attached hydrogen (secondary N) is 1. The summed E-state index contributed by atoms with van der Waals surface area (Å²) >= 11 is 3.28. The highest BCUT2D eigenvalue weighted by Crippen LogP contribution is 2.42. The maximum Gasteiger partial charge on any atom is 0.409 e. The fourth-order valence-corrected chi connectivity index (χ4v) is 2.75. The van der Waals surface area contributed by atoms with Crippen molar-refractivity contribution in [2.24, 2.45) is 0 Å². The van der Waals surface area contributed by atoms with Gasteiger partial charge in [-0.1, -0.05) is 0 Å². The first-order chi connectivity index (χ1) is 9.52. The van der Waals surface area contributed by atoms with E-state index in [1.165, 1.54) is 12.1 Å². The van der Waals surface area contributed by atoms with Gasteiger partial charge in [0, 0.05) is 23.2 Å². The van der Waals surface area contributed by atoms with Crippen molar-refractivity contribution in [3.05, 3.63) is 51.7 Å². The van der Waals surface area contributed by atoms with Crippen LogP contribution in [0.15, 0.2) is 34.8 Å². The third-order valence-corrected chi connectivity index (χ3v) is 3.58. The summed E-state index contributed by atoms with van der Waals surface area (Å²) in [6.45, 7) is 0. The molecule has 1 aliphatic rings. The number of amides is 1. The SMILES string of the molecule is O=C(O)Nc1ccc2c(c1)Cc1cc(F)cc(Br)c1O2. The lowest BCUT2D eigenvalue weighted by Crippen LogP contribution is -2.09. The molecule has 102 valence electrons. The topological polar surface area (TPSA) is 58.6 Å². The zero-order valence-electron chi connectivity index (χ0n) is 10.1. The van der Waals surface area contributed by atoms with Crippen LogP contribution >= 0.6 is 15.9 Å². The Bertz CT molecular complexity index is 718. The number of benzene rings is 2. The highest BCUT2D eigenvalue weighted by molar-refractivity contribution is 9.10. The zero-order chi connectivity index (χ0) is 14.3. The van der Waals surface area contributed by atoms with E-state index in [0.717, 1.165) is 11.1 Å². The molecule has 0 radical (unpaired) electrons. The molecular formula is C14H9BrFNO3. The summed E-state index contributed by atoms with van der Waals surface area (Å²) in [5, 5.41) is 11.0. The fourth-order valence-electron chi connectivity index (χ4n) is 2.19. The van der Waals surface area contributed by atoms with Gasteiger partial charge in [0.1, 0.15) is 17.3 Å². The molecule has 0 fully saturated rings. The number of carbonyl (C=O) groups is 1. The van der Waals surface area contributed by atoms with Gasteiger partial charge < -0.3 is 9.84 Å². The molecule has 20 heavy (non-hydrogen) atoms. The molecule has 3 rings (SSSR count). The van der Waals surface area contributed by atoms with Gasteiger partial charge in [0.25, 0.3) is 0 Å². The maximum absolute atomic E-state index is 13.4. The molecule has 0 bridgehead atoms. The minimum absolute atomic E-state index is 0.345. The number of hydrogen-bond donors (Lipinski definition) is 2. The molecule has 2 N–H and O–H groups in total. The van der Waals surface area contributed by atoms with Crippen LogP contribution in [-0.4, -0.2) is 11.2 Å². The normalized spacial score (nSPS) is 12.1. The Morgan fingerprint density at radius 1 is 1.30 bits per heavy atom. The summed E-state index contributed by atoms with van der Waals surface area (Å²) in [6.07, 6.45) is -0.647. The molecule has 0 saturated carbocycles. The second kappa shape index (κ2) is 4.79. The van der Waals surface area contributed by atoms with Crippen molar-refractivity contribution < 1.29 is 19.0 Å². The molecule has 0 aliphatic carbocycles. The molecule has 0 unspecified atom stereocenters. The van der Waals surface area contributed by atoms with Gasteiger partial charge in [-0.15, -0.1) is 0 Å². The summed E-state index contributed by atoms with van der Waals surface area (Å²) in [6, 6.07) is 7.77. The average molecular weight is 338 g/mol. The lowest BCUT2D eigenvalue weighted by atomic mass is 10.00. The van der Waals surface area contributed by atoms with E-state index in [1.54, 1.807) is 18.2 Å². The molecule has 4 nitrogen and oxygen atoms in total. The van der Waals surface area contributed by atoms with Crippen LogP contribution in [0, 0.1) is 5.82 Å². The molecule has 0 atom stereocenters. The largest absolute Gasteiger partial charge is 0.465 e. The summed E-state index contributed by atoms with van der Waals surface area (Å²) < 4.78 is 19.7. The summed E-state index contributed by atoms with van der Waals surface area (Å²) in [5.41, 5.74) is 1.98. The smallest absolute Gasteiger partial charge is 0.409 e. The molecule has 1 aliphatic heterocycles. The highest BCUT2D eigenvalue weighted by atomic mass is 79.9. The van der Waals surface area contributed by atoms with Crippen molar-refractivity contribution in [2.45, 2.75) is 6.42 Å². The van der Waals surface area contributed by atoms with Crippen LogP contribution < -0.4 is 10.1 Å². The predicted octanol–water partition coefficient (Wildman–Crippen LogP) is 4.37. The standard InChI is InChI=1S/C14H9BrFNO3/c15-11-6-9(16)4-8-3-7-5-10(17-14(18)19)1-2-12(7)20-13(8)11/h1-2,4-6,17H,3H2,(H,18,19). The van der Waals surface area contributed by atoms with Crippen LogP contribution in [0.2, 0.25) is 0 Å². The molecular weight excluding hydrogens is 329 g/mol. The quantitative estimate of drug-likeness (QED) is 0.692. The number of carboxylic acid groups (broad SMARTS) is 1. The lowest BCUT2D eigenvalue weighted by molar-refractivity contribution is 0.209. The molecule has 1 heterocycles. The van der Waals surface area contributed by atoms with Gasteiger partial charge in [0.05, 0.1) is 4.47 Å². The number of ether oxygens (including phenoxy) is 1. The minimum Gasteiger partial charge on any atom is -0.465 e. The van der Waals surface area contributed by atoms with E-state index in [4.69, 9.17) is 9.84 Å². The third-order valence-electron chi connectivity index (χ3n) is 2.99. The fraction of sp³-hybridized carbons (Fsp3) is 0.0714. The number of anilines is 1. The highest BCUT2D eigenvalue weighted by Gasteiger charge is 2.20. The Labute approximate surface area is 122 Å². The summed E-state index contributed by atoms with van der Waals surface area (Å²) in [7, 11) is 0. The van der Waals surface area contributed by atoms with E-state index in [1.807, 2.05) is 0 Å². The monoisotopic (exact) mass is 337 g/mol. The second-order valence-corrected chi connectivity index (χ2v) is 5.26. The molecule has 1 amide bonds. The average Bonchev–Trinajstić information content (AvgIpc) is 2.35. The number of rotatable bonds is 1. The van der Waals surface area contributed by atoms with Gasteiger partial charge in [0.15, 0.2) is 0 Å². The Hall–Kier alpha value is -2.08. The van der Waals surface area contributed by atoms with Crippen LogP contribution in [0.3, 0.4) is 0 Å². The van der Waals surface area contributed by atoms with Crippen LogP contribution in [0.4, 0.5) is 14.9 Å². The van der Waals surface area contributed by atoms with Crippen molar-refractivity contribution in [1.82, 2.24) is 0 Å². The van der Waals surface area contributed by atoms with Crippen molar-refractivity contribution in [3.63, 3.8) is 0 Å². The Morgan fingerprint density at radius 3 is 2.85 bits per heavy atom. The van der Waals surface area contributed by atoms with E-state index in [2.05, 4.69) is 21.2 Å². The maximum atomic E-state index is 13.4. The van der Waals surface area contributed by atoms with E-state index in [0.29, 0.717) is 28.1 Å². The van der Waals surface area contributed by atoms with Crippen molar-refractivity contribution >= 4 is 27.7 Å². The Morgan fingerprint density at radius 2 is 2.10 bits per heavy atom. The third kappa shape index (κ3) is 2.34. The van der Waals surface area contributed by atoms with Gasteiger partial charge >= 0.3 is 6.09 Å². The van der Waals surface area contributed by atoms with Crippen molar-refractivity contribution in [3.8, 4) is 11.5 Å². The van der Waals surface area contributed by atoms with Crippen molar-refractivity contribution in [2.75, 3.05) is 5.32 Å². The minimum atomic E-state index is -1.13. The Balaban J connectivity index is 2.00. The zero-order valence-corrected chi connectivity index (χ0v) is 11.7. The van der Waals surface area contributed by atoms with E-state index in [-0.39, 0.29) is 5.82 Å². The Kier molecular flexibility index (Phi) is 3.10. The number of hydrogen-bond acceptors (Lipinski definition) is 2. The first-order valence-electron chi connectivity index (χ1n) is 5.81.